The fourth-order valence-corrected chi connectivity index (χ4v) is 4.10. The molecule has 0 saturated carbocycles. The minimum absolute atomic E-state index is 0.214. The van der Waals surface area contributed by atoms with Crippen LogP contribution >= 0.6 is 0 Å². The molecule has 34 heavy (non-hydrogen) atoms. The topological polar surface area (TPSA) is 69.6 Å². The summed E-state index contributed by atoms with van der Waals surface area (Å²) >= 11 is 0. The highest BCUT2D eigenvalue weighted by Crippen LogP contribution is 2.35. The first kappa shape index (κ1) is 19.9. The van der Waals surface area contributed by atoms with E-state index in [1.807, 2.05) is 72.9 Å². The summed E-state index contributed by atoms with van der Waals surface area (Å²) in [5.74, 6) is 0.725. The Morgan fingerprint density at radius 1 is 0.882 bits per heavy atom. The van der Waals surface area contributed by atoms with Crippen LogP contribution in [0.4, 0.5) is 0 Å². The van der Waals surface area contributed by atoms with Crippen LogP contribution in [0.3, 0.4) is 0 Å². The highest BCUT2D eigenvalue weighted by Gasteiger charge is 2.24. The lowest BCUT2D eigenvalue weighted by molar-refractivity contribution is 0.101. The van der Waals surface area contributed by atoms with Gasteiger partial charge < -0.3 is 9.15 Å². The summed E-state index contributed by atoms with van der Waals surface area (Å²) < 4.78 is 13.0. The van der Waals surface area contributed by atoms with Crippen molar-refractivity contribution in [2.24, 2.45) is 0 Å². The summed E-state index contributed by atoms with van der Waals surface area (Å²) in [6.07, 6.45) is 1.85. The molecule has 0 spiro atoms. The molecule has 0 aliphatic rings. The van der Waals surface area contributed by atoms with Crippen molar-refractivity contribution in [3.05, 3.63) is 109 Å². The molecule has 0 aliphatic heterocycles. The predicted octanol–water partition coefficient (Wildman–Crippen LogP) is 6.05. The third-order valence-electron chi connectivity index (χ3n) is 5.80. The number of ketones is 1. The molecule has 0 atom stereocenters. The van der Waals surface area contributed by atoms with E-state index in [1.54, 1.807) is 35.9 Å². The number of benzene rings is 3. The number of hydrogen-bond donors (Lipinski definition) is 0. The van der Waals surface area contributed by atoms with Gasteiger partial charge in [-0.2, -0.15) is 5.10 Å². The number of nitrogens with zero attached hydrogens (tertiary/aromatic N) is 3. The van der Waals surface area contributed by atoms with Crippen LogP contribution in [-0.2, 0) is 0 Å². The highest BCUT2D eigenvalue weighted by molar-refractivity contribution is 6.15. The van der Waals surface area contributed by atoms with Gasteiger partial charge in [0.05, 0.1) is 24.1 Å². The second kappa shape index (κ2) is 8.01. The van der Waals surface area contributed by atoms with Gasteiger partial charge in [-0.1, -0.05) is 48.5 Å². The summed E-state index contributed by atoms with van der Waals surface area (Å²) in [5, 5.41) is 5.47. The Morgan fingerprint density at radius 2 is 1.65 bits per heavy atom. The summed E-state index contributed by atoms with van der Waals surface area (Å²) in [6, 6.07) is 28.3. The van der Waals surface area contributed by atoms with Gasteiger partial charge >= 0.3 is 0 Å². The van der Waals surface area contributed by atoms with E-state index in [4.69, 9.17) is 14.1 Å². The zero-order valence-electron chi connectivity index (χ0n) is 18.3. The molecule has 0 bridgehead atoms. The van der Waals surface area contributed by atoms with Crippen LogP contribution in [0.15, 0.2) is 102 Å². The Morgan fingerprint density at radius 3 is 2.44 bits per heavy atom. The third kappa shape index (κ3) is 3.33. The maximum absolute atomic E-state index is 13.5. The Hall–Kier alpha value is -4.71. The van der Waals surface area contributed by atoms with Gasteiger partial charge in [0, 0.05) is 28.8 Å². The van der Waals surface area contributed by atoms with E-state index >= 15 is 0 Å². The second-order valence-corrected chi connectivity index (χ2v) is 7.87. The number of carbonyl (C=O) groups excluding carboxylic acids is 1. The minimum Gasteiger partial charge on any atom is -0.497 e. The number of carbonyl (C=O) groups is 1. The van der Waals surface area contributed by atoms with E-state index in [9.17, 15) is 4.79 Å². The lowest BCUT2D eigenvalue weighted by atomic mass is 10.0. The van der Waals surface area contributed by atoms with Gasteiger partial charge in [0.15, 0.2) is 11.4 Å². The molecule has 0 unspecified atom stereocenters. The number of aromatic nitrogens is 3. The maximum Gasteiger partial charge on any atom is 0.228 e. The number of fused-ring (bicyclic) bond motifs is 2. The van der Waals surface area contributed by atoms with Gasteiger partial charge in [-0.3, -0.25) is 4.79 Å². The van der Waals surface area contributed by atoms with E-state index in [2.05, 4.69) is 5.10 Å². The Kier molecular flexibility index (Phi) is 4.70. The molecule has 0 aliphatic carbocycles. The molecule has 164 valence electrons. The number of rotatable bonds is 5. The molecule has 6 rings (SSSR count). The van der Waals surface area contributed by atoms with Crippen molar-refractivity contribution in [2.45, 2.75) is 0 Å². The zero-order valence-corrected chi connectivity index (χ0v) is 18.3. The third-order valence-corrected chi connectivity index (χ3v) is 5.80. The lowest BCUT2D eigenvalue weighted by Gasteiger charge is -2.05. The fraction of sp³-hybridized carbons (Fsp3) is 0.0357. The molecular formula is C28H19N3O3. The summed E-state index contributed by atoms with van der Waals surface area (Å²) in [4.78, 5) is 18.3. The van der Waals surface area contributed by atoms with E-state index in [1.165, 1.54) is 0 Å². The molecule has 3 aromatic heterocycles. The number of furan rings is 1. The predicted molar refractivity (Wildman–Crippen MR) is 130 cm³/mol. The first-order valence-electron chi connectivity index (χ1n) is 10.8. The molecule has 0 saturated heterocycles. The van der Waals surface area contributed by atoms with Crippen LogP contribution in [0.25, 0.3) is 39.1 Å². The summed E-state index contributed by atoms with van der Waals surface area (Å²) in [5.41, 5.74) is 4.99. The zero-order chi connectivity index (χ0) is 23.1. The summed E-state index contributed by atoms with van der Waals surface area (Å²) in [6.45, 7) is 0. The normalized spacial score (nSPS) is 11.2. The number of para-hydroxylation sites is 1. The van der Waals surface area contributed by atoms with Gasteiger partial charge in [-0.05, 0) is 36.4 Å². The largest absolute Gasteiger partial charge is 0.497 e. The number of hydrogen-bond acceptors (Lipinski definition) is 5. The van der Waals surface area contributed by atoms with Gasteiger partial charge in [-0.15, -0.1) is 0 Å². The van der Waals surface area contributed by atoms with Crippen molar-refractivity contribution in [3.8, 4) is 28.3 Å². The van der Waals surface area contributed by atoms with Crippen molar-refractivity contribution >= 4 is 22.4 Å². The quantitative estimate of drug-likeness (QED) is 0.302. The van der Waals surface area contributed by atoms with Crippen molar-refractivity contribution < 1.29 is 13.9 Å². The van der Waals surface area contributed by atoms with Crippen LogP contribution in [-0.4, -0.2) is 27.5 Å². The molecule has 3 aromatic carbocycles. The van der Waals surface area contributed by atoms with Crippen LogP contribution in [0.1, 0.15) is 16.1 Å². The molecule has 0 N–H and O–H groups in total. The van der Waals surface area contributed by atoms with Crippen LogP contribution in [0.2, 0.25) is 0 Å². The standard InChI is InChI=1S/C28H19N3O3/c1-33-20-13-11-19(12-14-20)27(32)28-26(21-9-5-6-10-24(21)34-28)22-15-16-31-25(29-22)17-23(30-31)18-7-3-2-4-8-18/h2-17H,1H3. The highest BCUT2D eigenvalue weighted by atomic mass is 16.5. The first-order valence-corrected chi connectivity index (χ1v) is 10.8. The molecule has 6 nitrogen and oxygen atoms in total. The van der Waals surface area contributed by atoms with Gasteiger partial charge in [-0.25, -0.2) is 9.50 Å². The Balaban J connectivity index is 1.50. The molecule has 0 radical (unpaired) electrons. The number of ether oxygens (including phenoxy) is 1. The molecular weight excluding hydrogens is 426 g/mol. The van der Waals surface area contributed by atoms with Crippen LogP contribution in [0.5, 0.6) is 5.75 Å². The van der Waals surface area contributed by atoms with Gasteiger partial charge in [0.1, 0.15) is 11.3 Å². The second-order valence-electron chi connectivity index (χ2n) is 7.87. The smallest absolute Gasteiger partial charge is 0.228 e. The van der Waals surface area contributed by atoms with E-state index in [-0.39, 0.29) is 11.5 Å². The maximum atomic E-state index is 13.5. The number of methoxy groups -OCH3 is 1. The molecule has 6 heteroatoms. The van der Waals surface area contributed by atoms with E-state index < -0.39 is 0 Å². The van der Waals surface area contributed by atoms with Gasteiger partial charge in [0.25, 0.3) is 0 Å². The van der Waals surface area contributed by atoms with Crippen molar-refractivity contribution in [3.63, 3.8) is 0 Å². The summed E-state index contributed by atoms with van der Waals surface area (Å²) in [7, 11) is 1.59. The average molecular weight is 445 g/mol. The average Bonchev–Trinajstić information content (AvgIpc) is 3.50. The Bertz CT molecular complexity index is 1650. The lowest BCUT2D eigenvalue weighted by Crippen LogP contribution is -2.02. The van der Waals surface area contributed by atoms with Crippen LogP contribution < -0.4 is 4.74 Å². The Labute approximate surface area is 195 Å². The molecule has 3 heterocycles. The van der Waals surface area contributed by atoms with Crippen molar-refractivity contribution in [1.82, 2.24) is 14.6 Å². The monoisotopic (exact) mass is 445 g/mol. The van der Waals surface area contributed by atoms with E-state index in [0.717, 1.165) is 16.6 Å². The van der Waals surface area contributed by atoms with Gasteiger partial charge in [0.2, 0.25) is 5.78 Å². The van der Waals surface area contributed by atoms with Crippen LogP contribution in [0, 0.1) is 0 Å². The minimum atomic E-state index is -0.214. The molecule has 0 amide bonds. The molecule has 0 fully saturated rings. The molecule has 6 aromatic rings. The van der Waals surface area contributed by atoms with E-state index in [0.29, 0.717) is 33.8 Å². The first-order chi connectivity index (χ1) is 16.7. The fourth-order valence-electron chi connectivity index (χ4n) is 4.10. The SMILES string of the molecule is COc1ccc(C(=O)c2oc3ccccc3c2-c2ccn3nc(-c4ccccc4)cc3n2)cc1. The van der Waals surface area contributed by atoms with Crippen molar-refractivity contribution in [1.29, 1.82) is 0 Å². The van der Waals surface area contributed by atoms with Crippen molar-refractivity contribution in [2.75, 3.05) is 7.11 Å².